The van der Waals surface area contributed by atoms with E-state index in [1.165, 1.54) is 12.1 Å². The molecule has 1 rings (SSSR count). The van der Waals surface area contributed by atoms with Crippen molar-refractivity contribution in [3.8, 4) is 0 Å². The van der Waals surface area contributed by atoms with E-state index < -0.39 is 10.7 Å². The second-order valence-electron chi connectivity index (χ2n) is 4.35. The topological polar surface area (TPSA) is 55.2 Å². The Kier molecular flexibility index (Phi) is 5.71. The molecule has 1 aromatic carbocycles. The molecule has 1 atom stereocenters. The summed E-state index contributed by atoms with van der Waals surface area (Å²) in [7, 11) is 0. The summed E-state index contributed by atoms with van der Waals surface area (Å²) in [5.41, 5.74) is 0.409. The predicted molar refractivity (Wildman–Crippen MR) is 68.9 cm³/mol. The molecule has 100 valence electrons. The molecule has 0 saturated carbocycles. The normalized spacial score (nSPS) is 12.4. The SMILES string of the molecule is CCCC(CC)NCc1cc(F)cc([N+](=O)[O-])c1. The molecule has 0 radical (unpaired) electrons. The number of hydrogen-bond acceptors (Lipinski definition) is 3. The molecule has 0 aliphatic rings. The van der Waals surface area contributed by atoms with Crippen molar-refractivity contribution < 1.29 is 9.31 Å². The van der Waals surface area contributed by atoms with Gasteiger partial charge >= 0.3 is 0 Å². The van der Waals surface area contributed by atoms with Crippen molar-refractivity contribution in [2.45, 2.75) is 45.7 Å². The Bertz CT molecular complexity index is 410. The second-order valence-corrected chi connectivity index (χ2v) is 4.35. The smallest absolute Gasteiger partial charge is 0.272 e. The lowest BCUT2D eigenvalue weighted by Gasteiger charge is -2.15. The van der Waals surface area contributed by atoms with Crippen LogP contribution in [0.4, 0.5) is 10.1 Å². The molecule has 0 heterocycles. The fourth-order valence-electron chi connectivity index (χ4n) is 1.90. The van der Waals surface area contributed by atoms with Crippen molar-refractivity contribution in [3.05, 3.63) is 39.7 Å². The van der Waals surface area contributed by atoms with Gasteiger partial charge in [0.2, 0.25) is 0 Å². The molecule has 0 aliphatic carbocycles. The first-order valence-electron chi connectivity index (χ1n) is 6.24. The van der Waals surface area contributed by atoms with Gasteiger partial charge in [-0.05, 0) is 24.5 Å². The van der Waals surface area contributed by atoms with Crippen LogP contribution in [0.15, 0.2) is 18.2 Å². The molecular weight excluding hydrogens is 235 g/mol. The minimum Gasteiger partial charge on any atom is -0.310 e. The summed E-state index contributed by atoms with van der Waals surface area (Å²) in [5.74, 6) is -0.565. The number of halogens is 1. The van der Waals surface area contributed by atoms with Crippen LogP contribution in [0.3, 0.4) is 0 Å². The Balaban J connectivity index is 2.69. The Morgan fingerprint density at radius 3 is 2.67 bits per heavy atom. The summed E-state index contributed by atoms with van der Waals surface area (Å²) in [6, 6.07) is 4.05. The highest BCUT2D eigenvalue weighted by Gasteiger charge is 2.11. The molecule has 0 fully saturated rings. The lowest BCUT2D eigenvalue weighted by atomic mass is 10.1. The van der Waals surface area contributed by atoms with Crippen LogP contribution in [0.2, 0.25) is 0 Å². The van der Waals surface area contributed by atoms with Gasteiger partial charge in [0.25, 0.3) is 5.69 Å². The van der Waals surface area contributed by atoms with E-state index >= 15 is 0 Å². The van der Waals surface area contributed by atoms with E-state index in [2.05, 4.69) is 19.2 Å². The van der Waals surface area contributed by atoms with Crippen molar-refractivity contribution in [1.29, 1.82) is 0 Å². The van der Waals surface area contributed by atoms with Gasteiger partial charge in [0.15, 0.2) is 0 Å². The van der Waals surface area contributed by atoms with E-state index in [0.717, 1.165) is 25.3 Å². The number of benzene rings is 1. The van der Waals surface area contributed by atoms with E-state index in [0.29, 0.717) is 18.2 Å². The van der Waals surface area contributed by atoms with Crippen LogP contribution in [0.1, 0.15) is 38.7 Å². The molecule has 18 heavy (non-hydrogen) atoms. The molecule has 1 unspecified atom stereocenters. The van der Waals surface area contributed by atoms with Gasteiger partial charge in [0.1, 0.15) is 5.82 Å². The Hall–Kier alpha value is -1.49. The van der Waals surface area contributed by atoms with Gasteiger partial charge in [-0.2, -0.15) is 0 Å². The number of nitro groups is 1. The molecule has 0 spiro atoms. The molecule has 1 N–H and O–H groups in total. The van der Waals surface area contributed by atoms with Gasteiger partial charge < -0.3 is 5.32 Å². The summed E-state index contributed by atoms with van der Waals surface area (Å²) in [6.45, 7) is 4.65. The monoisotopic (exact) mass is 254 g/mol. The van der Waals surface area contributed by atoms with E-state index in [-0.39, 0.29) is 5.69 Å². The van der Waals surface area contributed by atoms with Crippen LogP contribution < -0.4 is 5.32 Å². The molecule has 0 amide bonds. The molecule has 5 heteroatoms. The number of nitrogens with zero attached hydrogens (tertiary/aromatic N) is 1. The van der Waals surface area contributed by atoms with Gasteiger partial charge in [0.05, 0.1) is 11.0 Å². The molecule has 0 saturated heterocycles. The minimum absolute atomic E-state index is 0.199. The van der Waals surface area contributed by atoms with Crippen molar-refractivity contribution in [3.63, 3.8) is 0 Å². The third-order valence-corrected chi connectivity index (χ3v) is 2.88. The number of hydrogen-bond donors (Lipinski definition) is 1. The maximum atomic E-state index is 13.2. The van der Waals surface area contributed by atoms with Crippen LogP contribution in [-0.2, 0) is 6.54 Å². The highest BCUT2D eigenvalue weighted by Crippen LogP contribution is 2.16. The maximum Gasteiger partial charge on any atom is 0.272 e. The van der Waals surface area contributed by atoms with E-state index in [1.54, 1.807) is 0 Å². The number of rotatable bonds is 7. The van der Waals surface area contributed by atoms with Gasteiger partial charge in [-0.1, -0.05) is 20.3 Å². The zero-order valence-corrected chi connectivity index (χ0v) is 10.8. The van der Waals surface area contributed by atoms with Crippen LogP contribution in [-0.4, -0.2) is 11.0 Å². The van der Waals surface area contributed by atoms with Crippen molar-refractivity contribution >= 4 is 5.69 Å². The molecule has 4 nitrogen and oxygen atoms in total. The average molecular weight is 254 g/mol. The zero-order chi connectivity index (χ0) is 13.5. The van der Waals surface area contributed by atoms with Gasteiger partial charge in [-0.3, -0.25) is 10.1 Å². The largest absolute Gasteiger partial charge is 0.310 e. The van der Waals surface area contributed by atoms with E-state index in [4.69, 9.17) is 0 Å². The molecule has 0 aliphatic heterocycles. The predicted octanol–water partition coefficient (Wildman–Crippen LogP) is 3.40. The summed E-state index contributed by atoms with van der Waals surface area (Å²) in [4.78, 5) is 10.0. The van der Waals surface area contributed by atoms with Crippen molar-refractivity contribution in [1.82, 2.24) is 5.32 Å². The third kappa shape index (κ3) is 4.41. The van der Waals surface area contributed by atoms with E-state index in [9.17, 15) is 14.5 Å². The van der Waals surface area contributed by atoms with Crippen LogP contribution in [0.5, 0.6) is 0 Å². The number of nitrogens with one attached hydrogen (secondary N) is 1. The first-order chi connectivity index (χ1) is 8.56. The summed E-state index contributed by atoms with van der Waals surface area (Å²) in [6.07, 6.45) is 3.12. The molecule has 1 aromatic rings. The van der Waals surface area contributed by atoms with Crippen LogP contribution in [0, 0.1) is 15.9 Å². The first-order valence-corrected chi connectivity index (χ1v) is 6.24. The minimum atomic E-state index is -0.573. The number of nitro benzene ring substituents is 1. The Morgan fingerprint density at radius 2 is 2.11 bits per heavy atom. The fraction of sp³-hybridized carbons (Fsp3) is 0.538. The number of non-ortho nitro benzene ring substituents is 1. The second kappa shape index (κ2) is 7.06. The van der Waals surface area contributed by atoms with Gasteiger partial charge in [-0.25, -0.2) is 4.39 Å². The lowest BCUT2D eigenvalue weighted by molar-refractivity contribution is -0.385. The highest BCUT2D eigenvalue weighted by molar-refractivity contribution is 5.35. The molecule has 0 aromatic heterocycles. The first kappa shape index (κ1) is 14.6. The summed E-state index contributed by atoms with van der Waals surface area (Å²) >= 11 is 0. The Morgan fingerprint density at radius 1 is 1.39 bits per heavy atom. The molecular formula is C13H19FN2O2. The summed E-state index contributed by atoms with van der Waals surface area (Å²) in [5, 5.41) is 13.9. The Labute approximate surface area is 106 Å². The molecule has 0 bridgehead atoms. The fourth-order valence-corrected chi connectivity index (χ4v) is 1.90. The maximum absolute atomic E-state index is 13.2. The van der Waals surface area contributed by atoms with Gasteiger partial charge in [-0.15, -0.1) is 0 Å². The van der Waals surface area contributed by atoms with Crippen LogP contribution in [0.25, 0.3) is 0 Å². The van der Waals surface area contributed by atoms with Crippen molar-refractivity contribution in [2.75, 3.05) is 0 Å². The van der Waals surface area contributed by atoms with Crippen molar-refractivity contribution in [2.24, 2.45) is 0 Å². The highest BCUT2D eigenvalue weighted by atomic mass is 19.1. The lowest BCUT2D eigenvalue weighted by Crippen LogP contribution is -2.27. The van der Waals surface area contributed by atoms with Gasteiger partial charge in [0, 0.05) is 18.7 Å². The zero-order valence-electron chi connectivity index (χ0n) is 10.8. The average Bonchev–Trinajstić information content (AvgIpc) is 2.33. The third-order valence-electron chi connectivity index (χ3n) is 2.88. The van der Waals surface area contributed by atoms with E-state index in [1.807, 2.05) is 0 Å². The quantitative estimate of drug-likeness (QED) is 0.599. The summed E-state index contributed by atoms with van der Waals surface area (Å²) < 4.78 is 13.2. The van der Waals surface area contributed by atoms with Crippen LogP contribution >= 0.6 is 0 Å². The standard InChI is InChI=1S/C13H19FN2O2/c1-3-5-12(4-2)15-9-10-6-11(14)8-13(7-10)16(17)18/h6-8,12,15H,3-5,9H2,1-2H3.